The van der Waals surface area contributed by atoms with E-state index >= 15 is 0 Å². The SMILES string of the molecule is O=C(COC(=O)c1ccc(NC(=O)c2ccco2)cc1)Nc1ccc(OC(F)(F)F)cc1. The van der Waals surface area contributed by atoms with E-state index < -0.39 is 36.5 Å². The fraction of sp³-hybridized carbons (Fsp3) is 0.0952. The van der Waals surface area contributed by atoms with Crippen molar-refractivity contribution in [1.82, 2.24) is 0 Å². The van der Waals surface area contributed by atoms with Gasteiger partial charge in [0.1, 0.15) is 5.75 Å². The van der Waals surface area contributed by atoms with E-state index in [1.54, 1.807) is 6.07 Å². The second-order valence-corrected chi connectivity index (χ2v) is 6.21. The maximum atomic E-state index is 12.1. The first-order valence-electron chi connectivity index (χ1n) is 8.97. The summed E-state index contributed by atoms with van der Waals surface area (Å²) < 4.78 is 50.0. The largest absolute Gasteiger partial charge is 0.573 e. The Morgan fingerprint density at radius 3 is 2.09 bits per heavy atom. The molecule has 0 unspecified atom stereocenters. The fourth-order valence-corrected chi connectivity index (χ4v) is 2.44. The van der Waals surface area contributed by atoms with Gasteiger partial charge in [0, 0.05) is 11.4 Å². The van der Waals surface area contributed by atoms with Crippen molar-refractivity contribution in [2.75, 3.05) is 17.2 Å². The van der Waals surface area contributed by atoms with Gasteiger partial charge in [-0.05, 0) is 60.7 Å². The van der Waals surface area contributed by atoms with Gasteiger partial charge in [0.15, 0.2) is 12.4 Å². The lowest BCUT2D eigenvalue weighted by Crippen LogP contribution is -2.21. The standard InChI is InChI=1S/C21H15F3N2O6/c22-21(23,24)32-16-9-7-14(8-10-16)25-18(27)12-31-20(29)13-3-5-15(6-4-13)26-19(28)17-2-1-11-30-17/h1-11H,12H2,(H,25,27)(H,26,28). The number of ether oxygens (including phenoxy) is 2. The molecule has 32 heavy (non-hydrogen) atoms. The Balaban J connectivity index is 1.46. The van der Waals surface area contributed by atoms with Crippen molar-refractivity contribution in [2.24, 2.45) is 0 Å². The molecular formula is C21H15F3N2O6. The number of hydrogen-bond donors (Lipinski definition) is 2. The Hall–Kier alpha value is -4.28. The summed E-state index contributed by atoms with van der Waals surface area (Å²) in [7, 11) is 0. The first-order chi connectivity index (χ1) is 15.2. The Bertz CT molecular complexity index is 1080. The quantitative estimate of drug-likeness (QED) is 0.524. The van der Waals surface area contributed by atoms with Gasteiger partial charge in [-0.25, -0.2) is 4.79 Å². The van der Waals surface area contributed by atoms with Crippen molar-refractivity contribution in [3.05, 3.63) is 78.3 Å². The minimum Gasteiger partial charge on any atom is -0.459 e. The highest BCUT2D eigenvalue weighted by molar-refractivity contribution is 6.02. The van der Waals surface area contributed by atoms with Gasteiger partial charge in [-0.2, -0.15) is 0 Å². The summed E-state index contributed by atoms with van der Waals surface area (Å²) in [5.41, 5.74) is 0.748. The lowest BCUT2D eigenvalue weighted by atomic mass is 10.2. The zero-order valence-corrected chi connectivity index (χ0v) is 16.1. The molecular weight excluding hydrogens is 433 g/mol. The number of benzene rings is 2. The summed E-state index contributed by atoms with van der Waals surface area (Å²) in [6.07, 6.45) is -3.45. The van der Waals surface area contributed by atoms with Crippen molar-refractivity contribution < 1.29 is 41.4 Å². The normalized spacial score (nSPS) is 10.8. The topological polar surface area (TPSA) is 107 Å². The van der Waals surface area contributed by atoms with E-state index in [0.717, 1.165) is 12.1 Å². The lowest BCUT2D eigenvalue weighted by molar-refractivity contribution is -0.274. The molecule has 0 fully saturated rings. The number of amides is 2. The second kappa shape index (κ2) is 9.69. The van der Waals surface area contributed by atoms with E-state index in [-0.39, 0.29) is 17.0 Å². The number of carbonyl (C=O) groups is 3. The van der Waals surface area contributed by atoms with Crippen molar-refractivity contribution in [3.63, 3.8) is 0 Å². The highest BCUT2D eigenvalue weighted by atomic mass is 19.4. The molecule has 0 bridgehead atoms. The molecule has 166 valence electrons. The third-order valence-corrected chi connectivity index (χ3v) is 3.83. The number of carbonyl (C=O) groups excluding carboxylic acids is 3. The van der Waals surface area contributed by atoms with Gasteiger partial charge < -0.3 is 24.5 Å². The molecule has 3 rings (SSSR count). The summed E-state index contributed by atoms with van der Waals surface area (Å²) in [5, 5.41) is 4.96. The van der Waals surface area contributed by atoms with Crippen molar-refractivity contribution >= 4 is 29.2 Å². The van der Waals surface area contributed by atoms with Crippen LogP contribution in [0.15, 0.2) is 71.3 Å². The average Bonchev–Trinajstić information content (AvgIpc) is 3.28. The van der Waals surface area contributed by atoms with Crippen LogP contribution in [-0.2, 0) is 9.53 Å². The van der Waals surface area contributed by atoms with Gasteiger partial charge in [-0.15, -0.1) is 13.2 Å². The first kappa shape index (κ1) is 22.4. The number of hydrogen-bond acceptors (Lipinski definition) is 6. The van der Waals surface area contributed by atoms with Crippen LogP contribution in [0.3, 0.4) is 0 Å². The zero-order chi connectivity index (χ0) is 23.1. The Kier molecular flexibility index (Phi) is 6.78. The van der Waals surface area contributed by atoms with Crippen LogP contribution in [0.25, 0.3) is 0 Å². The van der Waals surface area contributed by atoms with Crippen LogP contribution in [0.2, 0.25) is 0 Å². The van der Waals surface area contributed by atoms with Gasteiger partial charge in [-0.3, -0.25) is 9.59 Å². The van der Waals surface area contributed by atoms with Crippen LogP contribution in [0, 0.1) is 0 Å². The third kappa shape index (κ3) is 6.62. The number of rotatable bonds is 7. The molecule has 0 aliphatic carbocycles. The summed E-state index contributed by atoms with van der Waals surface area (Å²) in [6.45, 7) is -0.614. The summed E-state index contributed by atoms with van der Waals surface area (Å²) in [5.74, 6) is -2.24. The fourth-order valence-electron chi connectivity index (χ4n) is 2.44. The van der Waals surface area contributed by atoms with E-state index in [4.69, 9.17) is 9.15 Å². The van der Waals surface area contributed by atoms with Crippen molar-refractivity contribution in [3.8, 4) is 5.75 Å². The molecule has 0 radical (unpaired) electrons. The van der Waals surface area contributed by atoms with E-state index in [0.29, 0.717) is 5.69 Å². The Morgan fingerprint density at radius 2 is 1.50 bits per heavy atom. The van der Waals surface area contributed by atoms with Crippen LogP contribution in [0.5, 0.6) is 5.75 Å². The predicted molar refractivity (Wildman–Crippen MR) is 105 cm³/mol. The lowest BCUT2D eigenvalue weighted by Gasteiger charge is -2.10. The predicted octanol–water partition coefficient (Wildman–Crippen LogP) is 4.23. The Labute approximate surface area is 178 Å². The molecule has 0 aliphatic rings. The molecule has 0 saturated heterocycles. The minimum absolute atomic E-state index is 0.127. The van der Waals surface area contributed by atoms with Gasteiger partial charge in [0.05, 0.1) is 11.8 Å². The van der Waals surface area contributed by atoms with Crippen LogP contribution in [0.1, 0.15) is 20.9 Å². The highest BCUT2D eigenvalue weighted by Gasteiger charge is 2.31. The molecule has 0 aliphatic heterocycles. The second-order valence-electron chi connectivity index (χ2n) is 6.21. The molecule has 0 saturated carbocycles. The van der Waals surface area contributed by atoms with E-state index in [2.05, 4.69) is 15.4 Å². The van der Waals surface area contributed by atoms with Gasteiger partial charge >= 0.3 is 12.3 Å². The number of esters is 1. The molecule has 3 aromatic rings. The van der Waals surface area contributed by atoms with E-state index in [1.165, 1.54) is 48.7 Å². The van der Waals surface area contributed by atoms with Crippen LogP contribution < -0.4 is 15.4 Å². The monoisotopic (exact) mass is 448 g/mol. The molecule has 1 heterocycles. The van der Waals surface area contributed by atoms with Crippen LogP contribution >= 0.6 is 0 Å². The summed E-state index contributed by atoms with van der Waals surface area (Å²) in [6, 6.07) is 13.3. The van der Waals surface area contributed by atoms with Gasteiger partial charge in [-0.1, -0.05) is 0 Å². The van der Waals surface area contributed by atoms with Gasteiger partial charge in [0.25, 0.3) is 11.8 Å². The average molecular weight is 448 g/mol. The Morgan fingerprint density at radius 1 is 0.875 bits per heavy atom. The van der Waals surface area contributed by atoms with Gasteiger partial charge in [0.2, 0.25) is 0 Å². The maximum absolute atomic E-state index is 12.1. The summed E-state index contributed by atoms with van der Waals surface area (Å²) in [4.78, 5) is 35.9. The summed E-state index contributed by atoms with van der Waals surface area (Å²) >= 11 is 0. The number of alkyl halides is 3. The maximum Gasteiger partial charge on any atom is 0.573 e. The van der Waals surface area contributed by atoms with Crippen LogP contribution in [0.4, 0.5) is 24.5 Å². The van der Waals surface area contributed by atoms with Crippen LogP contribution in [-0.4, -0.2) is 30.8 Å². The first-order valence-corrected chi connectivity index (χ1v) is 8.97. The van der Waals surface area contributed by atoms with Crippen molar-refractivity contribution in [2.45, 2.75) is 6.36 Å². The zero-order valence-electron chi connectivity index (χ0n) is 16.1. The van der Waals surface area contributed by atoms with Crippen molar-refractivity contribution in [1.29, 1.82) is 0 Å². The molecule has 1 aromatic heterocycles. The molecule has 2 amide bonds. The third-order valence-electron chi connectivity index (χ3n) is 3.83. The number of nitrogens with one attached hydrogen (secondary N) is 2. The van der Waals surface area contributed by atoms with E-state index in [9.17, 15) is 27.6 Å². The number of anilines is 2. The van der Waals surface area contributed by atoms with E-state index in [1.807, 2.05) is 0 Å². The molecule has 2 N–H and O–H groups in total. The number of furan rings is 1. The number of halogens is 3. The minimum atomic E-state index is -4.82. The molecule has 0 atom stereocenters. The highest BCUT2D eigenvalue weighted by Crippen LogP contribution is 2.24. The molecule has 0 spiro atoms. The molecule has 2 aromatic carbocycles. The molecule has 8 nitrogen and oxygen atoms in total. The molecule has 11 heteroatoms. The smallest absolute Gasteiger partial charge is 0.459 e.